The zero-order valence-electron chi connectivity index (χ0n) is 14.2. The summed E-state index contributed by atoms with van der Waals surface area (Å²) in [6.07, 6.45) is -0.747. The third-order valence-electron chi connectivity index (χ3n) is 4.00. The maximum absolute atomic E-state index is 12.7. The van der Waals surface area contributed by atoms with Crippen molar-refractivity contribution in [2.24, 2.45) is 0 Å². The first kappa shape index (κ1) is 16.8. The second kappa shape index (κ2) is 7.25. The van der Waals surface area contributed by atoms with E-state index in [0.717, 1.165) is 5.56 Å². The van der Waals surface area contributed by atoms with Crippen molar-refractivity contribution >= 4 is 17.5 Å². The molecule has 0 aromatic heterocycles. The molecular weight excluding hydrogens is 320 g/mol. The van der Waals surface area contributed by atoms with Gasteiger partial charge in [-0.25, -0.2) is 0 Å². The van der Waals surface area contributed by atoms with Crippen LogP contribution in [0.15, 0.2) is 48.5 Å². The fourth-order valence-electron chi connectivity index (χ4n) is 2.63. The molecule has 1 heterocycles. The van der Waals surface area contributed by atoms with Crippen LogP contribution in [-0.4, -0.2) is 38.1 Å². The molecule has 0 spiro atoms. The first-order valence-corrected chi connectivity index (χ1v) is 8.05. The van der Waals surface area contributed by atoms with E-state index >= 15 is 0 Å². The van der Waals surface area contributed by atoms with Crippen molar-refractivity contribution in [1.82, 2.24) is 5.32 Å². The van der Waals surface area contributed by atoms with Crippen LogP contribution < -0.4 is 19.7 Å². The van der Waals surface area contributed by atoms with Gasteiger partial charge in [0.1, 0.15) is 11.5 Å². The molecule has 6 heteroatoms. The molecule has 0 saturated heterocycles. The van der Waals surface area contributed by atoms with Gasteiger partial charge >= 0.3 is 0 Å². The van der Waals surface area contributed by atoms with Crippen molar-refractivity contribution in [1.29, 1.82) is 0 Å². The van der Waals surface area contributed by atoms with Crippen molar-refractivity contribution in [3.63, 3.8) is 0 Å². The van der Waals surface area contributed by atoms with Crippen LogP contribution in [0.1, 0.15) is 5.56 Å². The van der Waals surface area contributed by atoms with E-state index < -0.39 is 6.10 Å². The van der Waals surface area contributed by atoms with Crippen molar-refractivity contribution in [2.45, 2.75) is 13.0 Å². The molecule has 2 aromatic rings. The summed E-state index contributed by atoms with van der Waals surface area (Å²) in [7, 11) is 1.54. The molecule has 3 rings (SSSR count). The topological polar surface area (TPSA) is 67.9 Å². The largest absolute Gasteiger partial charge is 0.484 e. The molecule has 1 N–H and O–H groups in total. The maximum Gasteiger partial charge on any atom is 0.265 e. The van der Waals surface area contributed by atoms with Gasteiger partial charge in [-0.3, -0.25) is 9.59 Å². The second-order valence-electron chi connectivity index (χ2n) is 5.79. The molecule has 0 radical (unpaired) electrons. The van der Waals surface area contributed by atoms with Crippen LogP contribution >= 0.6 is 0 Å². The summed E-state index contributed by atoms with van der Waals surface area (Å²) in [6, 6.07) is 14.6. The van der Waals surface area contributed by atoms with Crippen LogP contribution in [-0.2, 0) is 9.59 Å². The summed E-state index contributed by atoms with van der Waals surface area (Å²) in [5.74, 6) is 0.631. The predicted molar refractivity (Wildman–Crippen MR) is 94.0 cm³/mol. The first-order chi connectivity index (χ1) is 12.1. The number of carbonyl (C=O) groups excluding carboxylic acids is 2. The minimum absolute atomic E-state index is 0.113. The highest BCUT2D eigenvalue weighted by Crippen LogP contribution is 2.33. The second-order valence-corrected chi connectivity index (χ2v) is 5.79. The summed E-state index contributed by atoms with van der Waals surface area (Å²) in [5, 5.41) is 2.55. The zero-order valence-corrected chi connectivity index (χ0v) is 14.2. The van der Waals surface area contributed by atoms with Gasteiger partial charge in [0.15, 0.2) is 12.7 Å². The average molecular weight is 340 g/mol. The van der Waals surface area contributed by atoms with Crippen LogP contribution in [0.25, 0.3) is 0 Å². The number of nitrogens with zero attached hydrogens (tertiary/aromatic N) is 1. The maximum atomic E-state index is 12.7. The molecule has 0 bridgehead atoms. The number of hydrogen-bond donors (Lipinski definition) is 1. The summed E-state index contributed by atoms with van der Waals surface area (Å²) in [5.41, 5.74) is 1.76. The Labute approximate surface area is 146 Å². The SMILES string of the molecule is CNC(=O)C1CN(C(=O)COc2ccc(C)cc2)c2ccccc2O1. The van der Waals surface area contributed by atoms with Gasteiger partial charge in [0.25, 0.3) is 11.8 Å². The highest BCUT2D eigenvalue weighted by molar-refractivity contribution is 5.98. The Hall–Kier alpha value is -3.02. The molecule has 130 valence electrons. The van der Waals surface area contributed by atoms with E-state index in [9.17, 15) is 9.59 Å². The Balaban J connectivity index is 1.75. The number of ether oxygens (including phenoxy) is 2. The van der Waals surface area contributed by atoms with Gasteiger partial charge in [0, 0.05) is 7.05 Å². The normalized spacial score (nSPS) is 15.8. The Bertz CT molecular complexity index is 773. The first-order valence-electron chi connectivity index (χ1n) is 8.05. The highest BCUT2D eigenvalue weighted by Gasteiger charge is 2.33. The minimum atomic E-state index is -0.747. The number of aryl methyl sites for hydroxylation is 1. The number of likely N-dealkylation sites (N-methyl/N-ethyl adjacent to an activating group) is 1. The van der Waals surface area contributed by atoms with Gasteiger partial charge < -0.3 is 19.7 Å². The molecule has 0 saturated carbocycles. The van der Waals surface area contributed by atoms with Gasteiger partial charge in [-0.15, -0.1) is 0 Å². The molecule has 1 unspecified atom stereocenters. The Morgan fingerprint density at radius 1 is 1.20 bits per heavy atom. The fraction of sp³-hybridized carbons (Fsp3) is 0.263. The molecule has 1 aliphatic heterocycles. The third-order valence-corrected chi connectivity index (χ3v) is 4.00. The Morgan fingerprint density at radius 2 is 1.92 bits per heavy atom. The van der Waals surface area contributed by atoms with E-state index in [1.165, 1.54) is 4.90 Å². The predicted octanol–water partition coefficient (Wildman–Crippen LogP) is 1.91. The van der Waals surface area contributed by atoms with Crippen LogP contribution in [0.3, 0.4) is 0 Å². The molecule has 1 aliphatic rings. The van der Waals surface area contributed by atoms with Crippen molar-refractivity contribution in [3.8, 4) is 11.5 Å². The number of amides is 2. The van der Waals surface area contributed by atoms with E-state index in [2.05, 4.69) is 5.32 Å². The monoisotopic (exact) mass is 340 g/mol. The Morgan fingerprint density at radius 3 is 2.64 bits per heavy atom. The number of para-hydroxylation sites is 2. The van der Waals surface area contributed by atoms with Crippen molar-refractivity contribution < 1.29 is 19.1 Å². The number of rotatable bonds is 4. The van der Waals surface area contributed by atoms with Crippen molar-refractivity contribution in [2.75, 3.05) is 25.1 Å². The lowest BCUT2D eigenvalue weighted by Gasteiger charge is -2.33. The van der Waals surface area contributed by atoms with Crippen LogP contribution in [0.5, 0.6) is 11.5 Å². The van der Waals surface area contributed by atoms with Gasteiger partial charge in [0.05, 0.1) is 12.2 Å². The smallest absolute Gasteiger partial charge is 0.265 e. The molecule has 0 aliphatic carbocycles. The van der Waals surface area contributed by atoms with E-state index in [4.69, 9.17) is 9.47 Å². The van der Waals surface area contributed by atoms with E-state index in [1.54, 1.807) is 25.2 Å². The van der Waals surface area contributed by atoms with Crippen LogP contribution in [0.4, 0.5) is 5.69 Å². The van der Waals surface area contributed by atoms with Crippen LogP contribution in [0, 0.1) is 6.92 Å². The van der Waals surface area contributed by atoms with Gasteiger partial charge in [-0.05, 0) is 31.2 Å². The number of nitrogens with one attached hydrogen (secondary N) is 1. The standard InChI is InChI=1S/C19H20N2O4/c1-13-7-9-14(10-8-13)24-12-18(22)21-11-17(19(23)20-2)25-16-6-4-3-5-15(16)21/h3-10,17H,11-12H2,1-2H3,(H,20,23). The molecule has 6 nitrogen and oxygen atoms in total. The number of hydrogen-bond acceptors (Lipinski definition) is 4. The van der Waals surface area contributed by atoms with E-state index in [1.807, 2.05) is 37.3 Å². The minimum Gasteiger partial charge on any atom is -0.484 e. The summed E-state index contributed by atoms with van der Waals surface area (Å²) in [4.78, 5) is 26.2. The van der Waals surface area contributed by atoms with Gasteiger partial charge in [-0.2, -0.15) is 0 Å². The molecule has 2 aromatic carbocycles. The fourth-order valence-corrected chi connectivity index (χ4v) is 2.63. The molecule has 0 fully saturated rings. The molecule has 25 heavy (non-hydrogen) atoms. The lowest BCUT2D eigenvalue weighted by atomic mass is 10.1. The number of carbonyl (C=O) groups is 2. The number of anilines is 1. The van der Waals surface area contributed by atoms with Gasteiger partial charge in [-0.1, -0.05) is 29.8 Å². The zero-order chi connectivity index (χ0) is 17.8. The summed E-state index contributed by atoms with van der Waals surface area (Å²) >= 11 is 0. The van der Waals surface area contributed by atoms with Crippen molar-refractivity contribution in [3.05, 3.63) is 54.1 Å². The lowest BCUT2D eigenvalue weighted by molar-refractivity contribution is -0.128. The van der Waals surface area contributed by atoms with Crippen LogP contribution in [0.2, 0.25) is 0 Å². The molecular formula is C19H20N2O4. The third kappa shape index (κ3) is 3.74. The summed E-state index contributed by atoms with van der Waals surface area (Å²) < 4.78 is 11.3. The molecule has 1 atom stereocenters. The lowest BCUT2D eigenvalue weighted by Crippen LogP contribution is -2.51. The average Bonchev–Trinajstić information content (AvgIpc) is 2.65. The van der Waals surface area contributed by atoms with E-state index in [0.29, 0.717) is 17.2 Å². The molecule has 2 amide bonds. The Kier molecular flexibility index (Phi) is 4.88. The number of fused-ring (bicyclic) bond motifs is 1. The highest BCUT2D eigenvalue weighted by atomic mass is 16.5. The summed E-state index contributed by atoms with van der Waals surface area (Å²) in [6.45, 7) is 2.02. The number of benzene rings is 2. The quantitative estimate of drug-likeness (QED) is 0.923. The van der Waals surface area contributed by atoms with E-state index in [-0.39, 0.29) is 25.0 Å². The van der Waals surface area contributed by atoms with Gasteiger partial charge in [0.2, 0.25) is 0 Å².